The highest BCUT2D eigenvalue weighted by Gasteiger charge is 2.52. The zero-order valence-electron chi connectivity index (χ0n) is 10.2. The number of hydrogen-bond donors (Lipinski definition) is 1. The second-order valence-electron chi connectivity index (χ2n) is 4.68. The zero-order chi connectivity index (χ0) is 12.3. The van der Waals surface area contributed by atoms with E-state index in [9.17, 15) is 9.59 Å². The highest BCUT2D eigenvalue weighted by Crippen LogP contribution is 2.36. The Labute approximate surface area is 102 Å². The Bertz CT molecular complexity index is 386. The van der Waals surface area contributed by atoms with E-state index in [1.54, 1.807) is 11.8 Å². The van der Waals surface area contributed by atoms with Gasteiger partial charge in [-0.05, 0) is 19.8 Å². The van der Waals surface area contributed by atoms with Crippen LogP contribution < -0.4 is 5.32 Å². The van der Waals surface area contributed by atoms with Crippen LogP contribution >= 0.6 is 0 Å². The van der Waals surface area contributed by atoms with Gasteiger partial charge in [0.1, 0.15) is 5.54 Å². The lowest BCUT2D eigenvalue weighted by atomic mass is 9.80. The van der Waals surface area contributed by atoms with E-state index < -0.39 is 5.54 Å². The van der Waals surface area contributed by atoms with Crippen molar-refractivity contribution in [2.24, 2.45) is 0 Å². The number of nitrogens with zero attached hydrogens (tertiary/aromatic N) is 1. The molecule has 2 rings (SSSR count). The molecule has 1 N–H and O–H groups in total. The number of urea groups is 1. The molecule has 1 saturated heterocycles. The number of rotatable bonds is 2. The smallest absolute Gasteiger partial charge is 0.309 e. The van der Waals surface area contributed by atoms with Crippen molar-refractivity contribution in [1.82, 2.24) is 10.2 Å². The molecule has 0 atom stereocenters. The zero-order valence-corrected chi connectivity index (χ0v) is 10.2. The first-order chi connectivity index (χ1) is 8.20. The molecule has 0 bridgehead atoms. The van der Waals surface area contributed by atoms with Crippen LogP contribution in [-0.2, 0) is 4.79 Å². The van der Waals surface area contributed by atoms with Crippen LogP contribution in [0.2, 0.25) is 0 Å². The Morgan fingerprint density at radius 1 is 1.29 bits per heavy atom. The summed E-state index contributed by atoms with van der Waals surface area (Å²) >= 11 is 0. The van der Waals surface area contributed by atoms with Crippen molar-refractivity contribution < 1.29 is 9.59 Å². The highest BCUT2D eigenvalue weighted by atomic mass is 16.2. The van der Waals surface area contributed by atoms with Crippen LogP contribution in [0.1, 0.15) is 45.4 Å². The van der Waals surface area contributed by atoms with Gasteiger partial charge in [0.15, 0.2) is 0 Å². The summed E-state index contributed by atoms with van der Waals surface area (Å²) in [5.74, 6) is 5.66. The standard InChI is InChI=1S/C13H18N2O2/c1-2-3-7-10-15-12(17)14-11(16)13(15)8-5-4-6-9-13/h4-10H2,1H3,(H,14,16,17). The first kappa shape index (κ1) is 12.0. The Kier molecular flexibility index (Phi) is 3.37. The van der Waals surface area contributed by atoms with Gasteiger partial charge < -0.3 is 4.90 Å². The molecule has 4 nitrogen and oxygen atoms in total. The molecule has 2 fully saturated rings. The summed E-state index contributed by atoms with van der Waals surface area (Å²) in [4.78, 5) is 25.5. The van der Waals surface area contributed by atoms with Crippen LogP contribution in [0.15, 0.2) is 0 Å². The van der Waals surface area contributed by atoms with Crippen LogP contribution in [0.3, 0.4) is 0 Å². The summed E-state index contributed by atoms with van der Waals surface area (Å²) in [6, 6.07) is -0.241. The lowest BCUT2D eigenvalue weighted by Crippen LogP contribution is -2.51. The second kappa shape index (κ2) is 4.79. The van der Waals surface area contributed by atoms with Crippen molar-refractivity contribution in [3.63, 3.8) is 0 Å². The third kappa shape index (κ3) is 2.02. The van der Waals surface area contributed by atoms with Gasteiger partial charge in [0.05, 0.1) is 0 Å². The molecule has 1 spiro atoms. The molecule has 2 aliphatic rings. The van der Waals surface area contributed by atoms with Gasteiger partial charge in [-0.15, -0.1) is 11.8 Å². The lowest BCUT2D eigenvalue weighted by molar-refractivity contribution is -0.128. The predicted octanol–water partition coefficient (Wildman–Crippen LogP) is 1.65. The molecule has 0 aromatic carbocycles. The molecule has 0 radical (unpaired) electrons. The van der Waals surface area contributed by atoms with Crippen molar-refractivity contribution in [3.8, 4) is 11.8 Å². The summed E-state index contributed by atoms with van der Waals surface area (Å²) in [6.45, 7) is 2.34. The average Bonchev–Trinajstić information content (AvgIpc) is 2.55. The van der Waals surface area contributed by atoms with Gasteiger partial charge in [-0.3, -0.25) is 10.1 Å². The molecule has 92 valence electrons. The fourth-order valence-electron chi connectivity index (χ4n) is 2.84. The highest BCUT2D eigenvalue weighted by molar-refractivity contribution is 6.07. The lowest BCUT2D eigenvalue weighted by Gasteiger charge is -2.37. The van der Waals surface area contributed by atoms with Gasteiger partial charge in [0.25, 0.3) is 5.91 Å². The maximum atomic E-state index is 12.0. The van der Waals surface area contributed by atoms with Crippen LogP contribution in [0.4, 0.5) is 4.79 Å². The Morgan fingerprint density at radius 3 is 2.65 bits per heavy atom. The molecule has 1 saturated carbocycles. The molecule has 0 aromatic rings. The van der Waals surface area contributed by atoms with Crippen molar-refractivity contribution >= 4 is 11.9 Å². The number of hydrogen-bond acceptors (Lipinski definition) is 2. The number of amides is 3. The number of nitrogens with one attached hydrogen (secondary N) is 1. The molecule has 1 aliphatic heterocycles. The predicted molar refractivity (Wildman–Crippen MR) is 64.1 cm³/mol. The molecule has 0 unspecified atom stereocenters. The Morgan fingerprint density at radius 2 is 2.00 bits per heavy atom. The van der Waals surface area contributed by atoms with Gasteiger partial charge in [-0.2, -0.15) is 0 Å². The van der Waals surface area contributed by atoms with Crippen LogP contribution in [0, 0.1) is 11.8 Å². The number of carbonyl (C=O) groups is 2. The first-order valence-electron chi connectivity index (χ1n) is 6.23. The van der Waals surface area contributed by atoms with Gasteiger partial charge >= 0.3 is 6.03 Å². The fraction of sp³-hybridized carbons (Fsp3) is 0.692. The minimum Gasteiger partial charge on any atom is -0.309 e. The summed E-state index contributed by atoms with van der Waals surface area (Å²) in [5, 5.41) is 2.45. The van der Waals surface area contributed by atoms with Gasteiger partial charge in [-0.1, -0.05) is 19.3 Å². The van der Waals surface area contributed by atoms with E-state index in [0.717, 1.165) is 32.1 Å². The van der Waals surface area contributed by atoms with Crippen molar-refractivity contribution in [2.75, 3.05) is 6.54 Å². The summed E-state index contributed by atoms with van der Waals surface area (Å²) in [5.41, 5.74) is -0.565. The third-order valence-corrected chi connectivity index (χ3v) is 3.72. The van der Waals surface area contributed by atoms with E-state index in [1.165, 1.54) is 0 Å². The molecule has 0 aromatic heterocycles. The van der Waals surface area contributed by atoms with E-state index in [1.807, 2.05) is 0 Å². The van der Waals surface area contributed by atoms with E-state index in [2.05, 4.69) is 17.2 Å². The monoisotopic (exact) mass is 234 g/mol. The van der Waals surface area contributed by atoms with Crippen LogP contribution in [-0.4, -0.2) is 28.9 Å². The van der Waals surface area contributed by atoms with Crippen LogP contribution in [0.5, 0.6) is 0 Å². The second-order valence-corrected chi connectivity index (χ2v) is 4.68. The minimum atomic E-state index is -0.565. The number of carbonyl (C=O) groups excluding carboxylic acids is 2. The summed E-state index contributed by atoms with van der Waals surface area (Å²) in [6.07, 6.45) is 5.44. The molecule has 17 heavy (non-hydrogen) atoms. The summed E-state index contributed by atoms with van der Waals surface area (Å²) in [7, 11) is 0. The van der Waals surface area contributed by atoms with Crippen molar-refractivity contribution in [3.05, 3.63) is 0 Å². The molecular formula is C13H18N2O2. The van der Waals surface area contributed by atoms with E-state index in [0.29, 0.717) is 13.0 Å². The normalized spacial score (nSPS) is 22.3. The van der Waals surface area contributed by atoms with Gasteiger partial charge in [0, 0.05) is 13.0 Å². The maximum Gasteiger partial charge on any atom is 0.325 e. The van der Waals surface area contributed by atoms with E-state index >= 15 is 0 Å². The van der Waals surface area contributed by atoms with Gasteiger partial charge in [0.2, 0.25) is 0 Å². The quantitative estimate of drug-likeness (QED) is 0.583. The average molecular weight is 234 g/mol. The molecule has 1 heterocycles. The van der Waals surface area contributed by atoms with Crippen LogP contribution in [0.25, 0.3) is 0 Å². The topological polar surface area (TPSA) is 49.4 Å². The molecule has 1 aliphatic carbocycles. The third-order valence-electron chi connectivity index (χ3n) is 3.72. The molecule has 4 heteroatoms. The molecule has 3 amide bonds. The first-order valence-corrected chi connectivity index (χ1v) is 6.23. The van der Waals surface area contributed by atoms with Crippen molar-refractivity contribution in [2.45, 2.75) is 51.0 Å². The Hall–Kier alpha value is -1.50. The van der Waals surface area contributed by atoms with Crippen molar-refractivity contribution in [1.29, 1.82) is 0 Å². The van der Waals surface area contributed by atoms with Gasteiger partial charge in [-0.25, -0.2) is 4.79 Å². The van der Waals surface area contributed by atoms with E-state index in [4.69, 9.17) is 0 Å². The minimum absolute atomic E-state index is 0.105. The largest absolute Gasteiger partial charge is 0.325 e. The SMILES string of the molecule is CC#CCCN1C(=O)NC(=O)C12CCCCC2. The molecular weight excluding hydrogens is 216 g/mol. The Balaban J connectivity index is 2.16. The van der Waals surface area contributed by atoms with E-state index in [-0.39, 0.29) is 11.9 Å². The number of imide groups is 1. The summed E-state index contributed by atoms with van der Waals surface area (Å²) < 4.78 is 0. The maximum absolute atomic E-state index is 12.0. The fourth-order valence-corrected chi connectivity index (χ4v) is 2.84.